The van der Waals surface area contributed by atoms with Gasteiger partial charge in [0.05, 0.1) is 12.1 Å². The SMILES string of the molecule is CC(C)(C)OC(=O)N1CC[C@H]2NC(=O)C[C@H]21. The number of amides is 2. The van der Waals surface area contributed by atoms with E-state index in [0.717, 1.165) is 6.42 Å². The highest BCUT2D eigenvalue weighted by Crippen LogP contribution is 2.27. The molecular weight excluding hydrogens is 208 g/mol. The van der Waals surface area contributed by atoms with Crippen LogP contribution < -0.4 is 5.32 Å². The van der Waals surface area contributed by atoms with Gasteiger partial charge < -0.3 is 15.0 Å². The maximum atomic E-state index is 11.9. The Bertz CT molecular complexity index is 322. The molecule has 16 heavy (non-hydrogen) atoms. The summed E-state index contributed by atoms with van der Waals surface area (Å²) in [5.41, 5.74) is -0.481. The van der Waals surface area contributed by atoms with Gasteiger partial charge >= 0.3 is 6.09 Å². The van der Waals surface area contributed by atoms with Crippen molar-refractivity contribution < 1.29 is 14.3 Å². The molecule has 0 aromatic carbocycles. The molecule has 2 rings (SSSR count). The van der Waals surface area contributed by atoms with E-state index in [-0.39, 0.29) is 24.1 Å². The van der Waals surface area contributed by atoms with Crippen LogP contribution >= 0.6 is 0 Å². The summed E-state index contributed by atoms with van der Waals surface area (Å²) in [5.74, 6) is 0.0308. The first kappa shape index (κ1) is 11.2. The van der Waals surface area contributed by atoms with Crippen molar-refractivity contribution in [3.63, 3.8) is 0 Å². The number of carbonyl (C=O) groups excluding carboxylic acids is 2. The van der Waals surface area contributed by atoms with Crippen molar-refractivity contribution in [3.8, 4) is 0 Å². The smallest absolute Gasteiger partial charge is 0.410 e. The van der Waals surface area contributed by atoms with E-state index in [1.54, 1.807) is 4.90 Å². The van der Waals surface area contributed by atoms with Crippen molar-refractivity contribution in [3.05, 3.63) is 0 Å². The molecule has 2 amide bonds. The topological polar surface area (TPSA) is 58.6 Å². The summed E-state index contributed by atoms with van der Waals surface area (Å²) in [6.07, 6.45) is 0.927. The van der Waals surface area contributed by atoms with Crippen molar-refractivity contribution in [1.82, 2.24) is 10.2 Å². The largest absolute Gasteiger partial charge is 0.444 e. The van der Waals surface area contributed by atoms with E-state index in [0.29, 0.717) is 13.0 Å². The number of likely N-dealkylation sites (tertiary alicyclic amines) is 1. The number of hydrogen-bond donors (Lipinski definition) is 1. The molecule has 5 nitrogen and oxygen atoms in total. The number of carbonyl (C=O) groups is 2. The molecule has 0 bridgehead atoms. The van der Waals surface area contributed by atoms with Crippen LogP contribution in [0.3, 0.4) is 0 Å². The van der Waals surface area contributed by atoms with Crippen LogP contribution in [0.2, 0.25) is 0 Å². The molecule has 2 atom stereocenters. The van der Waals surface area contributed by atoms with Crippen LogP contribution in [0.25, 0.3) is 0 Å². The standard InChI is InChI=1S/C11H18N2O3/c1-11(2,3)16-10(15)13-5-4-7-8(13)6-9(14)12-7/h7-8H,4-6H2,1-3H3,(H,12,14)/t7-,8-/m1/s1. The van der Waals surface area contributed by atoms with Crippen molar-refractivity contribution >= 4 is 12.0 Å². The van der Waals surface area contributed by atoms with E-state index < -0.39 is 5.60 Å². The van der Waals surface area contributed by atoms with Crippen LogP contribution in [0.5, 0.6) is 0 Å². The van der Waals surface area contributed by atoms with Crippen LogP contribution in [0.4, 0.5) is 4.79 Å². The average Bonchev–Trinajstić information content (AvgIpc) is 2.58. The Labute approximate surface area is 95.1 Å². The fraction of sp³-hybridized carbons (Fsp3) is 0.818. The summed E-state index contributed by atoms with van der Waals surface area (Å²) in [5, 5.41) is 2.88. The van der Waals surface area contributed by atoms with E-state index in [9.17, 15) is 9.59 Å². The third-order valence-corrected chi connectivity index (χ3v) is 2.91. The predicted molar refractivity (Wildman–Crippen MR) is 57.9 cm³/mol. The Morgan fingerprint density at radius 3 is 2.81 bits per heavy atom. The number of fused-ring (bicyclic) bond motifs is 1. The van der Waals surface area contributed by atoms with Gasteiger partial charge in [0.15, 0.2) is 0 Å². The number of rotatable bonds is 0. The molecule has 2 aliphatic rings. The average molecular weight is 226 g/mol. The molecule has 2 aliphatic heterocycles. The lowest BCUT2D eigenvalue weighted by molar-refractivity contribution is -0.119. The lowest BCUT2D eigenvalue weighted by atomic mass is 10.1. The zero-order valence-corrected chi connectivity index (χ0v) is 9.95. The monoisotopic (exact) mass is 226 g/mol. The van der Waals surface area contributed by atoms with E-state index in [1.165, 1.54) is 0 Å². The predicted octanol–water partition coefficient (Wildman–Crippen LogP) is 0.884. The zero-order valence-electron chi connectivity index (χ0n) is 9.95. The van der Waals surface area contributed by atoms with E-state index in [2.05, 4.69) is 5.32 Å². The summed E-state index contributed by atoms with van der Waals surface area (Å²) >= 11 is 0. The first-order valence-corrected chi connectivity index (χ1v) is 5.66. The fourth-order valence-corrected chi connectivity index (χ4v) is 2.28. The van der Waals surface area contributed by atoms with Crippen LogP contribution in [-0.4, -0.2) is 41.1 Å². The van der Waals surface area contributed by atoms with Crippen molar-refractivity contribution in [2.75, 3.05) is 6.54 Å². The second-order valence-electron chi connectivity index (χ2n) is 5.41. The quantitative estimate of drug-likeness (QED) is 0.667. The van der Waals surface area contributed by atoms with Gasteiger partial charge in [-0.3, -0.25) is 4.79 Å². The second-order valence-corrected chi connectivity index (χ2v) is 5.41. The van der Waals surface area contributed by atoms with E-state index >= 15 is 0 Å². The minimum absolute atomic E-state index is 0.0117. The first-order valence-electron chi connectivity index (χ1n) is 5.66. The Morgan fingerprint density at radius 2 is 2.19 bits per heavy atom. The Hall–Kier alpha value is -1.26. The molecule has 0 aromatic heterocycles. The minimum Gasteiger partial charge on any atom is -0.444 e. The highest BCUT2D eigenvalue weighted by Gasteiger charge is 2.44. The summed E-state index contributed by atoms with van der Waals surface area (Å²) in [7, 11) is 0. The fourth-order valence-electron chi connectivity index (χ4n) is 2.28. The van der Waals surface area contributed by atoms with Crippen LogP contribution in [0.1, 0.15) is 33.6 Å². The lowest BCUT2D eigenvalue weighted by Crippen LogP contribution is -2.41. The van der Waals surface area contributed by atoms with Gasteiger partial charge in [-0.2, -0.15) is 0 Å². The van der Waals surface area contributed by atoms with Gasteiger partial charge in [0.25, 0.3) is 0 Å². The second kappa shape index (κ2) is 3.64. The van der Waals surface area contributed by atoms with Gasteiger partial charge in [0, 0.05) is 13.0 Å². The molecule has 1 N–H and O–H groups in total. The number of hydrogen-bond acceptors (Lipinski definition) is 3. The third kappa shape index (κ3) is 2.13. The summed E-state index contributed by atoms with van der Waals surface area (Å²) in [4.78, 5) is 24.8. The van der Waals surface area contributed by atoms with Crippen molar-refractivity contribution in [2.24, 2.45) is 0 Å². The highest BCUT2D eigenvalue weighted by atomic mass is 16.6. The minimum atomic E-state index is -0.481. The molecule has 90 valence electrons. The van der Waals surface area contributed by atoms with Gasteiger partial charge in [0.1, 0.15) is 5.60 Å². The maximum Gasteiger partial charge on any atom is 0.410 e. The number of nitrogens with zero attached hydrogens (tertiary/aromatic N) is 1. The van der Waals surface area contributed by atoms with E-state index in [4.69, 9.17) is 4.74 Å². The molecule has 2 saturated heterocycles. The normalized spacial score (nSPS) is 28.9. The molecule has 2 heterocycles. The Morgan fingerprint density at radius 1 is 1.50 bits per heavy atom. The maximum absolute atomic E-state index is 11.9. The zero-order chi connectivity index (χ0) is 11.9. The number of nitrogens with one attached hydrogen (secondary N) is 1. The summed E-state index contributed by atoms with van der Waals surface area (Å²) in [6, 6.07) is 0.113. The van der Waals surface area contributed by atoms with Gasteiger partial charge in [-0.1, -0.05) is 0 Å². The summed E-state index contributed by atoms with van der Waals surface area (Å²) < 4.78 is 5.31. The molecule has 0 spiro atoms. The van der Waals surface area contributed by atoms with Crippen LogP contribution in [-0.2, 0) is 9.53 Å². The molecule has 0 saturated carbocycles. The Balaban J connectivity index is 2.00. The first-order chi connectivity index (χ1) is 7.37. The van der Waals surface area contributed by atoms with Crippen LogP contribution in [0.15, 0.2) is 0 Å². The molecule has 0 aliphatic carbocycles. The van der Waals surface area contributed by atoms with Gasteiger partial charge in [0.2, 0.25) is 5.91 Å². The van der Waals surface area contributed by atoms with E-state index in [1.807, 2.05) is 20.8 Å². The molecule has 0 aromatic rings. The van der Waals surface area contributed by atoms with Crippen LogP contribution in [0, 0.1) is 0 Å². The molecule has 5 heteroatoms. The number of ether oxygens (including phenoxy) is 1. The molecule has 0 radical (unpaired) electrons. The van der Waals surface area contributed by atoms with Gasteiger partial charge in [-0.05, 0) is 27.2 Å². The van der Waals surface area contributed by atoms with Gasteiger partial charge in [-0.15, -0.1) is 0 Å². The van der Waals surface area contributed by atoms with Gasteiger partial charge in [-0.25, -0.2) is 4.79 Å². The highest BCUT2D eigenvalue weighted by molar-refractivity contribution is 5.81. The lowest BCUT2D eigenvalue weighted by Gasteiger charge is -2.27. The van der Waals surface area contributed by atoms with Crippen molar-refractivity contribution in [1.29, 1.82) is 0 Å². The molecule has 2 fully saturated rings. The summed E-state index contributed by atoms with van der Waals surface area (Å²) in [6.45, 7) is 6.20. The Kier molecular flexibility index (Phi) is 2.56. The van der Waals surface area contributed by atoms with Crippen molar-refractivity contribution in [2.45, 2.75) is 51.3 Å². The molecular formula is C11H18N2O3. The third-order valence-electron chi connectivity index (χ3n) is 2.91. The molecule has 0 unspecified atom stereocenters.